The minimum absolute atomic E-state index is 0.154. The predicted octanol–water partition coefficient (Wildman–Crippen LogP) is -0.715. The number of hydrogen-bond acceptors (Lipinski definition) is 7. The normalized spacial score (nSPS) is 26.4. The molecule has 0 spiro atoms. The predicted molar refractivity (Wildman–Crippen MR) is 74.2 cm³/mol. The van der Waals surface area contributed by atoms with Crippen LogP contribution in [0.5, 0.6) is 0 Å². The molecule has 20 heavy (non-hydrogen) atoms. The van der Waals surface area contributed by atoms with Gasteiger partial charge in [-0.05, 0) is 12.8 Å². The highest BCUT2D eigenvalue weighted by Crippen LogP contribution is 2.15. The van der Waals surface area contributed by atoms with E-state index in [1.165, 1.54) is 11.3 Å². The van der Waals surface area contributed by atoms with Gasteiger partial charge in [0, 0.05) is 18.4 Å². The summed E-state index contributed by atoms with van der Waals surface area (Å²) < 4.78 is 5.21. The van der Waals surface area contributed by atoms with E-state index in [1.807, 2.05) is 5.38 Å². The number of ether oxygens (including phenoxy) is 1. The zero-order valence-electron chi connectivity index (χ0n) is 11.0. The smallest absolute Gasteiger partial charge is 0.220 e. The number of carbonyl (C=O) groups is 1. The molecule has 1 amide bonds. The molecule has 112 valence electrons. The Morgan fingerprint density at radius 2 is 2.45 bits per heavy atom. The van der Waals surface area contributed by atoms with Crippen molar-refractivity contribution in [2.75, 3.05) is 18.9 Å². The lowest BCUT2D eigenvalue weighted by atomic mass is 9.99. The molecule has 1 aliphatic rings. The third-order valence-electron chi connectivity index (χ3n) is 3.26. The van der Waals surface area contributed by atoms with Crippen LogP contribution in [0.4, 0.5) is 5.13 Å². The van der Waals surface area contributed by atoms with Crippen LogP contribution in [0.15, 0.2) is 5.38 Å². The molecule has 1 fully saturated rings. The van der Waals surface area contributed by atoms with E-state index in [4.69, 9.17) is 15.6 Å². The van der Waals surface area contributed by atoms with Gasteiger partial charge in [-0.15, -0.1) is 11.3 Å². The standard InChI is InChI=1S/C12H19N3O4S/c13-12-14-7(6-20-12)1-2-10(17)15-8-3-4-19-9(5-16)11(8)18/h6,8-9,11,16,18H,1-5H2,(H2,13,14)(H,15,17)/t8-,9+,11-/m0/s1. The highest BCUT2D eigenvalue weighted by atomic mass is 32.1. The maximum Gasteiger partial charge on any atom is 0.220 e. The van der Waals surface area contributed by atoms with E-state index in [1.54, 1.807) is 0 Å². The number of nitrogens with two attached hydrogens (primary N) is 1. The molecule has 2 rings (SSSR count). The van der Waals surface area contributed by atoms with Gasteiger partial charge in [-0.2, -0.15) is 0 Å². The van der Waals surface area contributed by atoms with Crippen molar-refractivity contribution in [2.45, 2.75) is 37.5 Å². The first-order chi connectivity index (χ1) is 9.60. The third kappa shape index (κ3) is 3.89. The van der Waals surface area contributed by atoms with Gasteiger partial charge in [0.05, 0.1) is 18.3 Å². The minimum Gasteiger partial charge on any atom is -0.394 e. The van der Waals surface area contributed by atoms with Gasteiger partial charge in [0.15, 0.2) is 5.13 Å². The summed E-state index contributed by atoms with van der Waals surface area (Å²) in [5.74, 6) is -0.154. The Kier molecular flexibility index (Phi) is 5.30. The topological polar surface area (TPSA) is 118 Å². The van der Waals surface area contributed by atoms with Gasteiger partial charge in [-0.3, -0.25) is 4.79 Å². The Labute approximate surface area is 120 Å². The van der Waals surface area contributed by atoms with Crippen molar-refractivity contribution in [1.29, 1.82) is 0 Å². The molecule has 1 saturated heterocycles. The number of aryl methyl sites for hydroxylation is 1. The second kappa shape index (κ2) is 6.98. The molecule has 0 aromatic carbocycles. The lowest BCUT2D eigenvalue weighted by molar-refractivity contribution is -0.131. The number of nitrogens with zero attached hydrogens (tertiary/aromatic N) is 1. The van der Waals surface area contributed by atoms with Crippen molar-refractivity contribution in [3.8, 4) is 0 Å². The summed E-state index contributed by atoms with van der Waals surface area (Å²) in [6, 6.07) is -0.381. The zero-order chi connectivity index (χ0) is 14.5. The molecule has 0 unspecified atom stereocenters. The van der Waals surface area contributed by atoms with Gasteiger partial charge in [0.2, 0.25) is 5.91 Å². The first-order valence-electron chi connectivity index (χ1n) is 6.50. The van der Waals surface area contributed by atoms with Gasteiger partial charge >= 0.3 is 0 Å². The van der Waals surface area contributed by atoms with E-state index in [9.17, 15) is 9.90 Å². The Morgan fingerprint density at radius 3 is 3.10 bits per heavy atom. The summed E-state index contributed by atoms with van der Waals surface area (Å²) in [5, 5.41) is 24.1. The molecular weight excluding hydrogens is 282 g/mol. The molecule has 5 N–H and O–H groups in total. The number of carbonyl (C=O) groups excluding carboxylic acids is 1. The summed E-state index contributed by atoms with van der Waals surface area (Å²) in [6.07, 6.45) is -0.174. The van der Waals surface area contributed by atoms with Crippen molar-refractivity contribution in [2.24, 2.45) is 0 Å². The second-order valence-electron chi connectivity index (χ2n) is 4.72. The number of hydrogen-bond donors (Lipinski definition) is 4. The van der Waals surface area contributed by atoms with Crippen molar-refractivity contribution >= 4 is 22.4 Å². The highest BCUT2D eigenvalue weighted by molar-refractivity contribution is 7.13. The molecule has 2 heterocycles. The van der Waals surface area contributed by atoms with Crippen LogP contribution in [0.3, 0.4) is 0 Å². The molecular formula is C12H19N3O4S. The molecule has 8 heteroatoms. The van der Waals surface area contributed by atoms with Crippen LogP contribution in [-0.4, -0.2) is 52.6 Å². The van der Waals surface area contributed by atoms with E-state index in [0.29, 0.717) is 24.6 Å². The fourth-order valence-electron chi connectivity index (χ4n) is 2.15. The SMILES string of the molecule is Nc1nc(CCC(=O)N[C@H]2CCO[C@H](CO)[C@H]2O)cs1. The van der Waals surface area contributed by atoms with Crippen LogP contribution in [0.25, 0.3) is 0 Å². The number of nitrogen functional groups attached to an aromatic ring is 1. The average Bonchev–Trinajstić information content (AvgIpc) is 2.85. The number of thiazole rings is 1. The molecule has 3 atom stereocenters. The van der Waals surface area contributed by atoms with Gasteiger partial charge in [0.25, 0.3) is 0 Å². The van der Waals surface area contributed by atoms with E-state index in [2.05, 4.69) is 10.3 Å². The molecule has 1 aliphatic heterocycles. The molecule has 0 saturated carbocycles. The fourth-order valence-corrected chi connectivity index (χ4v) is 2.75. The molecule has 0 radical (unpaired) electrons. The summed E-state index contributed by atoms with van der Waals surface area (Å²) >= 11 is 1.35. The molecule has 0 aliphatic carbocycles. The van der Waals surface area contributed by atoms with E-state index < -0.39 is 12.2 Å². The van der Waals surface area contributed by atoms with Crippen molar-refractivity contribution in [3.63, 3.8) is 0 Å². The number of anilines is 1. The Bertz CT molecular complexity index is 454. The van der Waals surface area contributed by atoms with Gasteiger partial charge in [0.1, 0.15) is 12.2 Å². The van der Waals surface area contributed by atoms with Gasteiger partial charge in [-0.25, -0.2) is 4.98 Å². The molecule has 7 nitrogen and oxygen atoms in total. The zero-order valence-corrected chi connectivity index (χ0v) is 11.8. The summed E-state index contributed by atoms with van der Waals surface area (Å²) in [7, 11) is 0. The summed E-state index contributed by atoms with van der Waals surface area (Å²) in [4.78, 5) is 15.9. The van der Waals surface area contributed by atoms with Crippen LogP contribution in [0, 0.1) is 0 Å². The minimum atomic E-state index is -0.882. The maximum atomic E-state index is 11.9. The summed E-state index contributed by atoms with van der Waals surface area (Å²) in [5.41, 5.74) is 6.31. The lowest BCUT2D eigenvalue weighted by Gasteiger charge is -2.34. The fraction of sp³-hybridized carbons (Fsp3) is 0.667. The number of aliphatic hydroxyl groups is 2. The first kappa shape index (κ1) is 15.2. The Morgan fingerprint density at radius 1 is 1.65 bits per heavy atom. The summed E-state index contributed by atoms with van der Waals surface area (Å²) in [6.45, 7) is 0.154. The van der Waals surface area contributed by atoms with Crippen LogP contribution in [0.2, 0.25) is 0 Å². The molecule has 0 bridgehead atoms. The van der Waals surface area contributed by atoms with Crippen LogP contribution in [-0.2, 0) is 16.0 Å². The van der Waals surface area contributed by atoms with Crippen LogP contribution in [0.1, 0.15) is 18.5 Å². The van der Waals surface area contributed by atoms with Crippen LogP contribution >= 0.6 is 11.3 Å². The van der Waals surface area contributed by atoms with E-state index >= 15 is 0 Å². The maximum absolute atomic E-state index is 11.9. The Hall–Kier alpha value is -1.22. The first-order valence-corrected chi connectivity index (χ1v) is 7.38. The largest absolute Gasteiger partial charge is 0.394 e. The number of nitrogens with one attached hydrogen (secondary N) is 1. The van der Waals surface area contributed by atoms with E-state index in [0.717, 1.165) is 5.69 Å². The van der Waals surface area contributed by atoms with Gasteiger partial charge in [-0.1, -0.05) is 0 Å². The van der Waals surface area contributed by atoms with Crippen molar-refractivity contribution in [3.05, 3.63) is 11.1 Å². The monoisotopic (exact) mass is 301 g/mol. The quantitative estimate of drug-likeness (QED) is 0.570. The highest BCUT2D eigenvalue weighted by Gasteiger charge is 2.33. The average molecular weight is 301 g/mol. The van der Waals surface area contributed by atoms with E-state index in [-0.39, 0.29) is 25.0 Å². The van der Waals surface area contributed by atoms with Crippen molar-refractivity contribution in [1.82, 2.24) is 10.3 Å². The number of rotatable bonds is 5. The number of aliphatic hydroxyl groups excluding tert-OH is 2. The number of aromatic nitrogens is 1. The van der Waals surface area contributed by atoms with Crippen molar-refractivity contribution < 1.29 is 19.7 Å². The molecule has 1 aromatic rings. The third-order valence-corrected chi connectivity index (χ3v) is 3.98. The number of amides is 1. The lowest BCUT2D eigenvalue weighted by Crippen LogP contribution is -2.54. The van der Waals surface area contributed by atoms with Crippen LogP contribution < -0.4 is 11.1 Å². The molecule has 1 aromatic heterocycles. The van der Waals surface area contributed by atoms with Gasteiger partial charge < -0.3 is 26.0 Å². The second-order valence-corrected chi connectivity index (χ2v) is 5.61. The Balaban J connectivity index is 1.78.